The molecule has 4 rings (SSSR count). The van der Waals surface area contributed by atoms with Crippen LogP contribution >= 0.6 is 11.3 Å². The third-order valence-electron chi connectivity index (χ3n) is 5.60. The van der Waals surface area contributed by atoms with Crippen molar-refractivity contribution in [2.75, 3.05) is 19.0 Å². The fraction of sp³-hybridized carbons (Fsp3) is 0.280. The number of anilines is 1. The van der Waals surface area contributed by atoms with Gasteiger partial charge in [0.25, 0.3) is 0 Å². The number of benzene rings is 1. The molecule has 0 fully saturated rings. The van der Waals surface area contributed by atoms with Gasteiger partial charge in [-0.3, -0.25) is 9.48 Å². The molecular formula is C25H27FN6O2S. The van der Waals surface area contributed by atoms with Gasteiger partial charge in [0, 0.05) is 36.4 Å². The van der Waals surface area contributed by atoms with Crippen molar-refractivity contribution < 1.29 is 14.3 Å². The third-order valence-corrected chi connectivity index (χ3v) is 6.23. The van der Waals surface area contributed by atoms with E-state index in [9.17, 15) is 14.3 Å². The van der Waals surface area contributed by atoms with E-state index in [1.807, 2.05) is 23.6 Å². The predicted molar refractivity (Wildman–Crippen MR) is 134 cm³/mol. The Hall–Kier alpha value is -3.47. The van der Waals surface area contributed by atoms with Crippen molar-refractivity contribution in [3.05, 3.63) is 82.3 Å². The molecule has 0 aliphatic rings. The van der Waals surface area contributed by atoms with E-state index in [4.69, 9.17) is 0 Å². The molecule has 3 N–H and O–H groups in total. The van der Waals surface area contributed by atoms with Crippen molar-refractivity contribution in [2.45, 2.75) is 32.0 Å². The largest absolute Gasteiger partial charge is 0.394 e. The van der Waals surface area contributed by atoms with E-state index in [0.717, 1.165) is 16.8 Å². The summed E-state index contributed by atoms with van der Waals surface area (Å²) in [7, 11) is 1.79. The van der Waals surface area contributed by atoms with E-state index in [0.29, 0.717) is 30.2 Å². The van der Waals surface area contributed by atoms with Crippen LogP contribution in [0.15, 0.2) is 59.6 Å². The Morgan fingerprint density at radius 2 is 2.03 bits per heavy atom. The Morgan fingerprint density at radius 1 is 1.20 bits per heavy atom. The van der Waals surface area contributed by atoms with E-state index in [-0.39, 0.29) is 31.2 Å². The lowest BCUT2D eigenvalue weighted by molar-refractivity contribution is -0.120. The molecule has 1 aromatic carbocycles. The number of nitrogens with zero attached hydrogens (tertiary/aromatic N) is 4. The summed E-state index contributed by atoms with van der Waals surface area (Å²) in [6.07, 6.45) is 2.24. The molecule has 0 aliphatic heterocycles. The van der Waals surface area contributed by atoms with Gasteiger partial charge in [-0.25, -0.2) is 14.4 Å². The predicted octanol–water partition coefficient (Wildman–Crippen LogP) is 3.09. The molecule has 0 bridgehead atoms. The van der Waals surface area contributed by atoms with Crippen LogP contribution < -0.4 is 10.6 Å². The van der Waals surface area contributed by atoms with E-state index in [1.165, 1.54) is 23.5 Å². The fourth-order valence-electron chi connectivity index (χ4n) is 3.76. The molecule has 0 saturated heterocycles. The van der Waals surface area contributed by atoms with Crippen molar-refractivity contribution in [2.24, 2.45) is 0 Å². The average molecular weight is 495 g/mol. The zero-order chi connectivity index (χ0) is 24.6. The Morgan fingerprint density at radius 3 is 2.74 bits per heavy atom. The summed E-state index contributed by atoms with van der Waals surface area (Å²) in [4.78, 5) is 22.0. The SMILES string of the molecule is CNc1cc(-c2cc(CC(=O)[C@H](Cc3ccc(F)cc3)NCc3cscn3)n(CCO)n2)ccn1. The number of nitrogens with one attached hydrogen (secondary N) is 2. The summed E-state index contributed by atoms with van der Waals surface area (Å²) in [5, 5.41) is 22.4. The van der Waals surface area contributed by atoms with Gasteiger partial charge in [-0.15, -0.1) is 11.3 Å². The molecule has 1 atom stereocenters. The molecule has 0 unspecified atom stereocenters. The number of thiazole rings is 1. The first-order chi connectivity index (χ1) is 17.1. The lowest BCUT2D eigenvalue weighted by Crippen LogP contribution is -2.39. The van der Waals surface area contributed by atoms with Gasteiger partial charge in [0.1, 0.15) is 11.6 Å². The highest BCUT2D eigenvalue weighted by Crippen LogP contribution is 2.22. The standard InChI is InChI=1S/C25H27FN6O2S/c1-27-25-11-18(6-7-28-25)22-12-21(32(31-22)8-9-33)13-24(34)23(29-14-20-15-35-16-30-20)10-17-2-4-19(26)5-3-17/h2-7,11-12,15-16,23,29,33H,8-10,13-14H2,1H3,(H,27,28)/t23-/m0/s1. The van der Waals surface area contributed by atoms with Gasteiger partial charge >= 0.3 is 0 Å². The minimum absolute atomic E-state index is 0.0270. The van der Waals surface area contributed by atoms with Gasteiger partial charge < -0.3 is 15.7 Å². The van der Waals surface area contributed by atoms with Crippen LogP contribution in [-0.2, 0) is 30.7 Å². The number of hydrogen-bond donors (Lipinski definition) is 3. The molecule has 10 heteroatoms. The van der Waals surface area contributed by atoms with Crippen LogP contribution in [-0.4, -0.2) is 50.3 Å². The van der Waals surface area contributed by atoms with Crippen LogP contribution in [0.3, 0.4) is 0 Å². The molecule has 35 heavy (non-hydrogen) atoms. The first-order valence-electron chi connectivity index (χ1n) is 11.2. The molecule has 0 radical (unpaired) electrons. The molecule has 3 heterocycles. The molecule has 0 saturated carbocycles. The number of aliphatic hydroxyl groups is 1. The maximum atomic E-state index is 13.5. The summed E-state index contributed by atoms with van der Waals surface area (Å²) >= 11 is 1.50. The second kappa shape index (κ2) is 11.8. The molecule has 8 nitrogen and oxygen atoms in total. The number of pyridine rings is 1. The van der Waals surface area contributed by atoms with Crippen molar-refractivity contribution in [3.8, 4) is 11.3 Å². The van der Waals surface area contributed by atoms with Crippen LogP contribution in [0.1, 0.15) is 17.0 Å². The first kappa shape index (κ1) is 24.6. The summed E-state index contributed by atoms with van der Waals surface area (Å²) < 4.78 is 15.1. The highest BCUT2D eigenvalue weighted by atomic mass is 32.1. The topological polar surface area (TPSA) is 105 Å². The second-order valence-corrected chi connectivity index (χ2v) is 8.75. The van der Waals surface area contributed by atoms with E-state index in [1.54, 1.807) is 35.6 Å². The quantitative estimate of drug-likeness (QED) is 0.278. The van der Waals surface area contributed by atoms with Crippen molar-refractivity contribution in [1.82, 2.24) is 25.1 Å². The Kier molecular flexibility index (Phi) is 8.30. The third kappa shape index (κ3) is 6.56. The number of aliphatic hydroxyl groups excluding tert-OH is 1. The Balaban J connectivity index is 1.56. The maximum Gasteiger partial charge on any atom is 0.156 e. The van der Waals surface area contributed by atoms with Gasteiger partial charge in [0.05, 0.1) is 42.5 Å². The van der Waals surface area contributed by atoms with Gasteiger partial charge in [-0.05, 0) is 42.3 Å². The summed E-state index contributed by atoms with van der Waals surface area (Å²) in [5.41, 5.74) is 5.74. The number of Topliss-reactive ketones (excluding diaryl/α,β-unsaturated/α-hetero) is 1. The van der Waals surface area contributed by atoms with Crippen molar-refractivity contribution in [3.63, 3.8) is 0 Å². The number of halogens is 1. The fourth-order valence-corrected chi connectivity index (χ4v) is 4.32. The van der Waals surface area contributed by atoms with Crippen molar-refractivity contribution >= 4 is 22.9 Å². The number of hydrogen-bond acceptors (Lipinski definition) is 8. The lowest BCUT2D eigenvalue weighted by Gasteiger charge is -2.18. The van der Waals surface area contributed by atoms with E-state index in [2.05, 4.69) is 25.7 Å². The van der Waals surface area contributed by atoms with Gasteiger partial charge in [-0.2, -0.15) is 5.10 Å². The molecule has 182 valence electrons. The zero-order valence-corrected chi connectivity index (χ0v) is 20.1. The second-order valence-electron chi connectivity index (χ2n) is 8.03. The summed E-state index contributed by atoms with van der Waals surface area (Å²) in [6, 6.07) is 11.3. The molecule has 3 aromatic heterocycles. The van der Waals surface area contributed by atoms with Gasteiger partial charge in [0.2, 0.25) is 0 Å². The Bertz CT molecular complexity index is 1240. The summed E-state index contributed by atoms with van der Waals surface area (Å²) in [6.45, 7) is 0.634. The van der Waals surface area contributed by atoms with E-state index < -0.39 is 6.04 Å². The number of aromatic nitrogens is 4. The number of rotatable bonds is 12. The highest BCUT2D eigenvalue weighted by molar-refractivity contribution is 7.07. The summed E-state index contributed by atoms with van der Waals surface area (Å²) in [5.74, 6) is 0.369. The smallest absolute Gasteiger partial charge is 0.156 e. The highest BCUT2D eigenvalue weighted by Gasteiger charge is 2.22. The maximum absolute atomic E-state index is 13.5. The minimum Gasteiger partial charge on any atom is -0.394 e. The van der Waals surface area contributed by atoms with Crippen LogP contribution in [0.5, 0.6) is 0 Å². The average Bonchev–Trinajstić information content (AvgIpc) is 3.53. The molecule has 4 aromatic rings. The monoisotopic (exact) mass is 494 g/mol. The number of carbonyl (C=O) groups is 1. The lowest BCUT2D eigenvalue weighted by atomic mass is 9.99. The van der Waals surface area contributed by atoms with Gasteiger partial charge in [-0.1, -0.05) is 12.1 Å². The number of carbonyl (C=O) groups excluding carboxylic acids is 1. The normalized spacial score (nSPS) is 12.0. The van der Waals surface area contributed by atoms with Crippen LogP contribution in [0.25, 0.3) is 11.3 Å². The van der Waals surface area contributed by atoms with E-state index >= 15 is 0 Å². The van der Waals surface area contributed by atoms with Crippen molar-refractivity contribution in [1.29, 1.82) is 0 Å². The molecule has 0 aliphatic carbocycles. The molecular weight excluding hydrogens is 467 g/mol. The zero-order valence-electron chi connectivity index (χ0n) is 19.3. The number of ketones is 1. The first-order valence-corrected chi connectivity index (χ1v) is 12.2. The Labute approximate surface area is 206 Å². The van der Waals surface area contributed by atoms with Crippen LogP contribution in [0, 0.1) is 5.82 Å². The van der Waals surface area contributed by atoms with Crippen LogP contribution in [0.2, 0.25) is 0 Å². The van der Waals surface area contributed by atoms with Gasteiger partial charge in [0.15, 0.2) is 5.78 Å². The molecule has 0 amide bonds. The minimum atomic E-state index is -0.500. The van der Waals surface area contributed by atoms with Crippen LogP contribution in [0.4, 0.5) is 10.2 Å². The molecule has 0 spiro atoms.